The summed E-state index contributed by atoms with van der Waals surface area (Å²) in [6.45, 7) is 10.0. The van der Waals surface area contributed by atoms with Gasteiger partial charge in [0.2, 0.25) is 0 Å². The van der Waals surface area contributed by atoms with Gasteiger partial charge in [-0.15, -0.1) is 0 Å². The predicted molar refractivity (Wildman–Crippen MR) is 101 cm³/mol. The third kappa shape index (κ3) is 3.29. The molecule has 0 aliphatic heterocycles. The molecule has 3 aromatic rings. The molecule has 0 saturated carbocycles. The Morgan fingerprint density at radius 2 is 1.96 bits per heavy atom. The summed E-state index contributed by atoms with van der Waals surface area (Å²) in [4.78, 5) is 9.91. The fourth-order valence-corrected chi connectivity index (χ4v) is 2.82. The van der Waals surface area contributed by atoms with Crippen molar-refractivity contribution in [3.63, 3.8) is 0 Å². The highest BCUT2D eigenvalue weighted by Gasteiger charge is 2.11. The molecule has 0 fully saturated rings. The van der Waals surface area contributed by atoms with E-state index in [1.807, 2.05) is 18.2 Å². The van der Waals surface area contributed by atoms with Gasteiger partial charge in [0.1, 0.15) is 17.7 Å². The van der Waals surface area contributed by atoms with Crippen LogP contribution in [0.2, 0.25) is 0 Å². The van der Waals surface area contributed by atoms with Crippen LogP contribution in [-0.2, 0) is 0 Å². The van der Waals surface area contributed by atoms with Gasteiger partial charge in [-0.3, -0.25) is 0 Å². The minimum atomic E-state index is 0.451. The molecule has 25 heavy (non-hydrogen) atoms. The zero-order valence-electron chi connectivity index (χ0n) is 15.1. The van der Waals surface area contributed by atoms with Crippen molar-refractivity contribution in [1.82, 2.24) is 9.97 Å². The average molecular weight is 334 g/mol. The molecule has 0 aliphatic rings. The number of fused-ring (bicyclic) bond motifs is 1. The van der Waals surface area contributed by atoms with Crippen molar-refractivity contribution in [1.29, 1.82) is 5.26 Å². The highest BCUT2D eigenvalue weighted by atomic mass is 16.4. The number of aryl methyl sites for hydroxylation is 2. The Bertz CT molecular complexity index is 928. The maximum atomic E-state index is 9.55. The number of aromatic nitrogens is 2. The number of H-pyrrole nitrogens is 1. The third-order valence-corrected chi connectivity index (χ3v) is 4.45. The predicted octanol–water partition coefficient (Wildman–Crippen LogP) is 4.68. The van der Waals surface area contributed by atoms with E-state index in [0.717, 1.165) is 30.0 Å². The lowest BCUT2D eigenvalue weighted by Crippen LogP contribution is -2.20. The van der Waals surface area contributed by atoms with Crippen LogP contribution < -0.4 is 4.90 Å². The van der Waals surface area contributed by atoms with Crippen molar-refractivity contribution in [3.05, 3.63) is 47.0 Å². The number of imidazole rings is 1. The monoisotopic (exact) mass is 334 g/mol. The first kappa shape index (κ1) is 16.8. The summed E-state index contributed by atoms with van der Waals surface area (Å²) in [5.74, 6) is 2.01. The summed E-state index contributed by atoms with van der Waals surface area (Å²) in [5, 5.41) is 9.55. The number of nitrogens with zero attached hydrogens (tertiary/aromatic N) is 3. The molecule has 5 nitrogen and oxygen atoms in total. The lowest BCUT2D eigenvalue weighted by molar-refractivity contribution is 0.541. The van der Waals surface area contributed by atoms with Gasteiger partial charge in [0, 0.05) is 25.2 Å². The van der Waals surface area contributed by atoms with Crippen LogP contribution in [0.25, 0.3) is 22.7 Å². The summed E-state index contributed by atoms with van der Waals surface area (Å²) in [7, 11) is 0. The second-order valence-corrected chi connectivity index (χ2v) is 6.06. The quantitative estimate of drug-likeness (QED) is 0.688. The number of anilines is 1. The third-order valence-electron chi connectivity index (χ3n) is 4.45. The van der Waals surface area contributed by atoms with Crippen LogP contribution in [0, 0.1) is 25.2 Å². The average Bonchev–Trinajstić information content (AvgIpc) is 3.21. The van der Waals surface area contributed by atoms with Crippen LogP contribution in [0.15, 0.2) is 28.7 Å². The Hall–Kier alpha value is -3.00. The van der Waals surface area contributed by atoms with E-state index >= 15 is 0 Å². The van der Waals surface area contributed by atoms with E-state index in [-0.39, 0.29) is 0 Å². The Morgan fingerprint density at radius 1 is 1.24 bits per heavy atom. The van der Waals surface area contributed by atoms with E-state index < -0.39 is 0 Å². The van der Waals surface area contributed by atoms with Gasteiger partial charge in [0.05, 0.1) is 16.6 Å². The van der Waals surface area contributed by atoms with E-state index in [4.69, 9.17) is 4.42 Å². The van der Waals surface area contributed by atoms with Crippen LogP contribution >= 0.6 is 0 Å². The second-order valence-electron chi connectivity index (χ2n) is 6.06. The molecule has 2 heterocycles. The van der Waals surface area contributed by atoms with Crippen molar-refractivity contribution in [2.24, 2.45) is 0 Å². The first-order valence-corrected chi connectivity index (χ1v) is 8.49. The smallest absolute Gasteiger partial charge is 0.196 e. The Kier molecular flexibility index (Phi) is 4.62. The SMILES string of the molecule is CCN(CC)c1ccc(C=C(C#N)c2nc3cc(C)c(C)cc3[nH]2)o1. The molecule has 0 bridgehead atoms. The number of nitriles is 1. The van der Waals surface area contributed by atoms with Crippen molar-refractivity contribution < 1.29 is 4.42 Å². The van der Waals surface area contributed by atoms with Gasteiger partial charge in [-0.2, -0.15) is 5.26 Å². The first-order valence-electron chi connectivity index (χ1n) is 8.49. The highest BCUT2D eigenvalue weighted by molar-refractivity contribution is 5.90. The molecule has 0 saturated heterocycles. The molecular weight excluding hydrogens is 312 g/mol. The molecule has 1 N–H and O–H groups in total. The van der Waals surface area contributed by atoms with E-state index in [2.05, 4.69) is 54.7 Å². The van der Waals surface area contributed by atoms with Crippen molar-refractivity contribution in [3.8, 4) is 6.07 Å². The molecule has 0 amide bonds. The number of allylic oxidation sites excluding steroid dienone is 1. The van der Waals surface area contributed by atoms with Gasteiger partial charge in [-0.05, 0) is 57.0 Å². The van der Waals surface area contributed by atoms with E-state index in [1.165, 1.54) is 11.1 Å². The lowest BCUT2D eigenvalue weighted by Gasteiger charge is -2.16. The van der Waals surface area contributed by atoms with Gasteiger partial charge in [0.15, 0.2) is 5.88 Å². The molecule has 0 spiro atoms. The van der Waals surface area contributed by atoms with Crippen molar-refractivity contribution in [2.75, 3.05) is 18.0 Å². The molecule has 0 atom stereocenters. The molecule has 3 rings (SSSR count). The Morgan fingerprint density at radius 3 is 2.64 bits per heavy atom. The molecule has 1 aromatic carbocycles. The summed E-state index contributed by atoms with van der Waals surface area (Å²) < 4.78 is 5.85. The van der Waals surface area contributed by atoms with Crippen LogP contribution in [0.3, 0.4) is 0 Å². The largest absolute Gasteiger partial charge is 0.441 e. The molecule has 0 aliphatic carbocycles. The van der Waals surface area contributed by atoms with Crippen LogP contribution in [-0.4, -0.2) is 23.1 Å². The van der Waals surface area contributed by atoms with E-state index in [1.54, 1.807) is 6.08 Å². The van der Waals surface area contributed by atoms with E-state index in [9.17, 15) is 5.26 Å². The van der Waals surface area contributed by atoms with Gasteiger partial charge in [-0.25, -0.2) is 4.98 Å². The summed E-state index contributed by atoms with van der Waals surface area (Å²) in [6.07, 6.45) is 1.73. The minimum Gasteiger partial charge on any atom is -0.441 e. The first-order chi connectivity index (χ1) is 12.0. The van der Waals surface area contributed by atoms with Crippen LogP contribution in [0.1, 0.15) is 36.6 Å². The summed E-state index contributed by atoms with van der Waals surface area (Å²) in [5.41, 5.74) is 4.63. The minimum absolute atomic E-state index is 0.451. The number of rotatable bonds is 5. The number of nitrogens with one attached hydrogen (secondary N) is 1. The molecule has 128 valence electrons. The highest BCUT2D eigenvalue weighted by Crippen LogP contribution is 2.24. The Labute approximate surface area is 147 Å². The van der Waals surface area contributed by atoms with Crippen LogP contribution in [0.5, 0.6) is 0 Å². The summed E-state index contributed by atoms with van der Waals surface area (Å²) >= 11 is 0. The number of furan rings is 1. The zero-order chi connectivity index (χ0) is 18.0. The number of hydrogen-bond donors (Lipinski definition) is 1. The maximum Gasteiger partial charge on any atom is 0.196 e. The normalized spacial score (nSPS) is 11.7. The van der Waals surface area contributed by atoms with Gasteiger partial charge in [-0.1, -0.05) is 0 Å². The van der Waals surface area contributed by atoms with Crippen molar-refractivity contribution in [2.45, 2.75) is 27.7 Å². The molecule has 0 unspecified atom stereocenters. The number of aromatic amines is 1. The van der Waals surface area contributed by atoms with Crippen molar-refractivity contribution >= 4 is 28.6 Å². The van der Waals surface area contributed by atoms with Crippen LogP contribution in [0.4, 0.5) is 5.88 Å². The second kappa shape index (κ2) is 6.86. The summed E-state index contributed by atoms with van der Waals surface area (Å²) in [6, 6.07) is 10.1. The Balaban J connectivity index is 1.97. The number of benzene rings is 1. The standard InChI is InChI=1S/C20H22N4O/c1-5-24(6-2)19-8-7-16(25-19)11-15(12-21)20-22-17-9-13(3)14(4)10-18(17)23-20/h7-11H,5-6H2,1-4H3,(H,22,23). The fraction of sp³-hybridized carbons (Fsp3) is 0.300. The topological polar surface area (TPSA) is 68.8 Å². The lowest BCUT2D eigenvalue weighted by atomic mass is 10.1. The zero-order valence-corrected chi connectivity index (χ0v) is 15.1. The molecule has 5 heteroatoms. The maximum absolute atomic E-state index is 9.55. The van der Waals surface area contributed by atoms with E-state index in [0.29, 0.717) is 17.2 Å². The molecular formula is C20H22N4O. The van der Waals surface area contributed by atoms with Gasteiger partial charge in [0.25, 0.3) is 0 Å². The van der Waals surface area contributed by atoms with Gasteiger partial charge < -0.3 is 14.3 Å². The fourth-order valence-electron chi connectivity index (χ4n) is 2.82. The molecule has 2 aromatic heterocycles. The van der Waals surface area contributed by atoms with Gasteiger partial charge >= 0.3 is 0 Å². The number of hydrogen-bond acceptors (Lipinski definition) is 4. The molecule has 0 radical (unpaired) electrons.